The van der Waals surface area contributed by atoms with E-state index in [0.29, 0.717) is 17.6 Å². The third-order valence-electron chi connectivity index (χ3n) is 2.84. The topological polar surface area (TPSA) is 40.5 Å². The number of methoxy groups -OCH3 is 1. The molecule has 1 heterocycles. The maximum atomic E-state index is 11.9. The number of pyridine rings is 1. The van der Waals surface area contributed by atoms with Gasteiger partial charge in [0.1, 0.15) is 18.1 Å². The van der Waals surface area contributed by atoms with Crippen molar-refractivity contribution in [3.63, 3.8) is 0 Å². The Kier molecular flexibility index (Phi) is 4.84. The molecule has 1 aromatic heterocycles. The van der Waals surface area contributed by atoms with Gasteiger partial charge in [-0.15, -0.1) is 0 Å². The molecule has 1 aromatic carbocycles. The summed E-state index contributed by atoms with van der Waals surface area (Å²) in [6.45, 7) is 2.89. The predicted octanol–water partition coefficient (Wildman–Crippen LogP) is 3.01. The molecule has 0 aliphatic heterocycles. The average Bonchev–Trinajstić information content (AvgIpc) is 2.44. The van der Waals surface area contributed by atoms with Crippen LogP contribution in [-0.2, 0) is 6.54 Å². The van der Waals surface area contributed by atoms with Crippen LogP contribution >= 0.6 is 15.9 Å². The Hall–Kier alpha value is -1.75. The first kappa shape index (κ1) is 14.7. The molecule has 0 aliphatic rings. The summed E-state index contributed by atoms with van der Waals surface area (Å²) in [5, 5.41) is 0. The molecule has 0 radical (unpaired) electrons. The Labute approximate surface area is 126 Å². The van der Waals surface area contributed by atoms with Crippen molar-refractivity contribution in [2.75, 3.05) is 13.7 Å². The van der Waals surface area contributed by atoms with Gasteiger partial charge in [-0.1, -0.05) is 0 Å². The lowest BCUT2D eigenvalue weighted by atomic mass is 10.3. The zero-order valence-electron chi connectivity index (χ0n) is 11.4. The smallest absolute Gasteiger partial charge is 0.264 e. The van der Waals surface area contributed by atoms with Crippen LogP contribution < -0.4 is 15.0 Å². The Morgan fingerprint density at radius 3 is 2.50 bits per heavy atom. The minimum Gasteiger partial charge on any atom is -0.497 e. The van der Waals surface area contributed by atoms with E-state index < -0.39 is 0 Å². The molecule has 0 bridgehead atoms. The van der Waals surface area contributed by atoms with Crippen molar-refractivity contribution < 1.29 is 9.47 Å². The average molecular weight is 338 g/mol. The lowest BCUT2D eigenvalue weighted by Gasteiger charge is -2.10. The van der Waals surface area contributed by atoms with Gasteiger partial charge in [0.25, 0.3) is 5.56 Å². The first-order chi connectivity index (χ1) is 9.60. The molecule has 0 amide bonds. The Morgan fingerprint density at radius 1 is 1.20 bits per heavy atom. The van der Waals surface area contributed by atoms with Gasteiger partial charge in [-0.2, -0.15) is 0 Å². The number of rotatable bonds is 5. The van der Waals surface area contributed by atoms with Crippen LogP contribution in [0.5, 0.6) is 11.5 Å². The largest absolute Gasteiger partial charge is 0.497 e. The molecular weight excluding hydrogens is 322 g/mol. The van der Waals surface area contributed by atoms with Crippen molar-refractivity contribution in [3.05, 3.63) is 56.9 Å². The van der Waals surface area contributed by atoms with Gasteiger partial charge in [0, 0.05) is 6.20 Å². The molecule has 5 heteroatoms. The number of aryl methyl sites for hydroxylation is 1. The maximum absolute atomic E-state index is 11.9. The van der Waals surface area contributed by atoms with Crippen LogP contribution in [0.25, 0.3) is 0 Å². The summed E-state index contributed by atoms with van der Waals surface area (Å²) in [6.07, 6.45) is 1.82. The molecule has 0 unspecified atom stereocenters. The Morgan fingerprint density at radius 2 is 1.85 bits per heavy atom. The van der Waals surface area contributed by atoms with Crippen molar-refractivity contribution in [2.45, 2.75) is 13.5 Å². The monoisotopic (exact) mass is 337 g/mol. The lowest BCUT2D eigenvalue weighted by molar-refractivity contribution is 0.295. The van der Waals surface area contributed by atoms with E-state index in [2.05, 4.69) is 15.9 Å². The summed E-state index contributed by atoms with van der Waals surface area (Å²) in [5.74, 6) is 1.54. The number of benzene rings is 1. The third kappa shape index (κ3) is 3.63. The first-order valence-electron chi connectivity index (χ1n) is 6.23. The van der Waals surface area contributed by atoms with Crippen molar-refractivity contribution in [1.82, 2.24) is 4.57 Å². The van der Waals surface area contributed by atoms with Gasteiger partial charge >= 0.3 is 0 Å². The van der Waals surface area contributed by atoms with E-state index in [9.17, 15) is 4.79 Å². The van der Waals surface area contributed by atoms with Crippen LogP contribution in [0.4, 0.5) is 0 Å². The fraction of sp³-hybridized carbons (Fsp3) is 0.267. The number of halogens is 1. The zero-order chi connectivity index (χ0) is 14.5. The molecule has 0 spiro atoms. The van der Waals surface area contributed by atoms with Crippen LogP contribution in [0.3, 0.4) is 0 Å². The minimum atomic E-state index is -0.0473. The molecule has 0 aliphatic carbocycles. The molecule has 2 rings (SSSR count). The maximum Gasteiger partial charge on any atom is 0.264 e. The summed E-state index contributed by atoms with van der Waals surface area (Å²) in [7, 11) is 1.62. The van der Waals surface area contributed by atoms with Crippen LogP contribution in [0.2, 0.25) is 0 Å². The summed E-state index contributed by atoms with van der Waals surface area (Å²) in [6, 6.07) is 9.17. The standard InChI is InChI=1S/C15H16BrNO3/c1-11-9-14(16)15(18)17(10-11)7-8-20-13-5-3-12(19-2)4-6-13/h3-6,9-10H,7-8H2,1-2H3. The highest BCUT2D eigenvalue weighted by molar-refractivity contribution is 9.10. The van der Waals surface area contributed by atoms with Crippen molar-refractivity contribution in [1.29, 1.82) is 0 Å². The predicted molar refractivity (Wildman–Crippen MR) is 81.6 cm³/mol. The second-order valence-corrected chi connectivity index (χ2v) is 5.24. The van der Waals surface area contributed by atoms with Gasteiger partial charge in [0.05, 0.1) is 18.1 Å². The number of hydrogen-bond acceptors (Lipinski definition) is 3. The fourth-order valence-electron chi connectivity index (χ4n) is 1.84. The van der Waals surface area contributed by atoms with Gasteiger partial charge in [0.2, 0.25) is 0 Å². The van der Waals surface area contributed by atoms with Crippen LogP contribution in [0.1, 0.15) is 5.56 Å². The summed E-state index contributed by atoms with van der Waals surface area (Å²) in [5.41, 5.74) is 0.981. The molecule has 4 nitrogen and oxygen atoms in total. The highest BCUT2D eigenvalue weighted by Gasteiger charge is 2.03. The molecule has 0 atom stereocenters. The van der Waals surface area contributed by atoms with Gasteiger partial charge < -0.3 is 14.0 Å². The number of ether oxygens (including phenoxy) is 2. The van der Waals surface area contributed by atoms with E-state index in [-0.39, 0.29) is 5.56 Å². The SMILES string of the molecule is COc1ccc(OCCn2cc(C)cc(Br)c2=O)cc1. The lowest BCUT2D eigenvalue weighted by Crippen LogP contribution is -2.23. The van der Waals surface area contributed by atoms with E-state index in [1.54, 1.807) is 11.7 Å². The molecular formula is C15H16BrNO3. The molecule has 2 aromatic rings. The quantitative estimate of drug-likeness (QED) is 0.842. The van der Waals surface area contributed by atoms with E-state index in [4.69, 9.17) is 9.47 Å². The zero-order valence-corrected chi connectivity index (χ0v) is 13.0. The van der Waals surface area contributed by atoms with Gasteiger partial charge in [0.15, 0.2) is 0 Å². The highest BCUT2D eigenvalue weighted by Crippen LogP contribution is 2.16. The highest BCUT2D eigenvalue weighted by atomic mass is 79.9. The summed E-state index contributed by atoms with van der Waals surface area (Å²) >= 11 is 3.26. The molecule has 20 heavy (non-hydrogen) atoms. The molecule has 0 saturated heterocycles. The van der Waals surface area contributed by atoms with Crippen molar-refractivity contribution >= 4 is 15.9 Å². The Bertz CT molecular complexity index is 635. The van der Waals surface area contributed by atoms with Crippen molar-refractivity contribution in [3.8, 4) is 11.5 Å². The molecule has 106 valence electrons. The van der Waals surface area contributed by atoms with Gasteiger partial charge in [-0.05, 0) is 58.7 Å². The van der Waals surface area contributed by atoms with Gasteiger partial charge in [-0.3, -0.25) is 4.79 Å². The van der Waals surface area contributed by atoms with Crippen LogP contribution in [-0.4, -0.2) is 18.3 Å². The molecule has 0 saturated carbocycles. The van der Waals surface area contributed by atoms with E-state index in [1.807, 2.05) is 43.5 Å². The van der Waals surface area contributed by atoms with E-state index in [0.717, 1.165) is 17.1 Å². The normalized spacial score (nSPS) is 10.3. The minimum absolute atomic E-state index is 0.0473. The number of hydrogen-bond donors (Lipinski definition) is 0. The summed E-state index contributed by atoms with van der Waals surface area (Å²) < 4.78 is 12.9. The second-order valence-electron chi connectivity index (χ2n) is 4.39. The third-order valence-corrected chi connectivity index (χ3v) is 3.41. The van der Waals surface area contributed by atoms with Crippen LogP contribution in [0.15, 0.2) is 45.8 Å². The van der Waals surface area contributed by atoms with E-state index in [1.165, 1.54) is 0 Å². The van der Waals surface area contributed by atoms with Gasteiger partial charge in [-0.25, -0.2) is 0 Å². The van der Waals surface area contributed by atoms with Crippen LogP contribution in [0, 0.1) is 6.92 Å². The first-order valence-corrected chi connectivity index (χ1v) is 7.03. The number of aromatic nitrogens is 1. The fourth-order valence-corrected chi connectivity index (χ4v) is 2.43. The molecule has 0 fully saturated rings. The van der Waals surface area contributed by atoms with E-state index >= 15 is 0 Å². The number of nitrogens with zero attached hydrogens (tertiary/aromatic N) is 1. The second kappa shape index (κ2) is 6.61. The Balaban J connectivity index is 1.97. The van der Waals surface area contributed by atoms with Crippen molar-refractivity contribution in [2.24, 2.45) is 0 Å². The molecule has 0 N–H and O–H groups in total. The summed E-state index contributed by atoms with van der Waals surface area (Å²) in [4.78, 5) is 11.9.